The molecule has 1 aliphatic rings. The first-order chi connectivity index (χ1) is 16.6. The zero-order valence-electron chi connectivity index (χ0n) is 21.3. The standard InChI is InChI=1S/C20H25N5O3.C5H10O2/c1-22-20-18(11-21)19(24-25(20)14-4-5-23-12-14)9-15(26)6-13-7-16(27-2)10-17(8-13)28-3;1-5(2,3)7-4-6/h7-8,10,14,22-23H,4-6,9,12H2,1-3H3;4H,1-3H3/t14-;/m0./s1. The van der Waals surface area contributed by atoms with Gasteiger partial charge in [0.1, 0.15) is 40.3 Å². The molecule has 1 aromatic carbocycles. The van der Waals surface area contributed by atoms with Crippen molar-refractivity contribution < 1.29 is 23.8 Å². The molecule has 1 atom stereocenters. The first-order valence-electron chi connectivity index (χ1n) is 11.4. The number of methoxy groups -OCH3 is 2. The average Bonchev–Trinajstić information content (AvgIpc) is 3.45. The molecule has 2 aromatic rings. The van der Waals surface area contributed by atoms with Crippen molar-refractivity contribution in [3.63, 3.8) is 0 Å². The normalized spacial score (nSPS) is 14.8. The molecule has 0 unspecified atom stereocenters. The second-order valence-corrected chi connectivity index (χ2v) is 9.06. The summed E-state index contributed by atoms with van der Waals surface area (Å²) in [5, 5.41) is 20.6. The van der Waals surface area contributed by atoms with E-state index in [0.29, 0.717) is 35.0 Å². The van der Waals surface area contributed by atoms with Crippen molar-refractivity contribution in [2.24, 2.45) is 0 Å². The lowest BCUT2D eigenvalue weighted by Gasteiger charge is -2.14. The number of ketones is 1. The summed E-state index contributed by atoms with van der Waals surface area (Å²) in [5.74, 6) is 1.91. The van der Waals surface area contributed by atoms with Crippen LogP contribution in [-0.2, 0) is 27.2 Å². The number of carbonyl (C=O) groups is 2. The number of rotatable bonds is 9. The Labute approximate surface area is 206 Å². The summed E-state index contributed by atoms with van der Waals surface area (Å²) in [4.78, 5) is 22.3. The highest BCUT2D eigenvalue weighted by molar-refractivity contribution is 5.84. The molecular weight excluding hydrogens is 450 g/mol. The molecule has 0 spiro atoms. The number of ether oxygens (including phenoxy) is 3. The fourth-order valence-corrected chi connectivity index (χ4v) is 3.66. The molecule has 1 aromatic heterocycles. The van der Waals surface area contributed by atoms with Crippen LogP contribution in [0.2, 0.25) is 0 Å². The van der Waals surface area contributed by atoms with Crippen LogP contribution >= 0.6 is 0 Å². The van der Waals surface area contributed by atoms with Gasteiger partial charge >= 0.3 is 0 Å². The summed E-state index contributed by atoms with van der Waals surface area (Å²) in [5.41, 5.74) is 1.43. The van der Waals surface area contributed by atoms with Gasteiger partial charge in [-0.25, -0.2) is 4.68 Å². The van der Waals surface area contributed by atoms with Gasteiger partial charge in [0, 0.05) is 26.1 Å². The molecule has 3 rings (SSSR count). The predicted molar refractivity (Wildman–Crippen MR) is 132 cm³/mol. The zero-order chi connectivity index (χ0) is 26.0. The highest BCUT2D eigenvalue weighted by Gasteiger charge is 2.26. The monoisotopic (exact) mass is 485 g/mol. The maximum atomic E-state index is 12.7. The van der Waals surface area contributed by atoms with Gasteiger partial charge in [0.2, 0.25) is 0 Å². The highest BCUT2D eigenvalue weighted by Crippen LogP contribution is 2.27. The number of hydrogen-bond donors (Lipinski definition) is 2. The molecule has 190 valence electrons. The Hall–Kier alpha value is -3.58. The Morgan fingerprint density at radius 2 is 1.91 bits per heavy atom. The number of Topliss-reactive ketones (excluding diaryl/α,β-unsaturated/α-hetero) is 1. The second kappa shape index (κ2) is 12.8. The van der Waals surface area contributed by atoms with Gasteiger partial charge in [-0.1, -0.05) is 0 Å². The number of nitrogens with zero attached hydrogens (tertiary/aromatic N) is 3. The molecule has 0 aliphatic carbocycles. The van der Waals surface area contributed by atoms with E-state index in [1.54, 1.807) is 27.3 Å². The quantitative estimate of drug-likeness (QED) is 0.515. The van der Waals surface area contributed by atoms with Gasteiger partial charge in [-0.2, -0.15) is 10.4 Å². The molecule has 0 saturated carbocycles. The van der Waals surface area contributed by atoms with E-state index in [2.05, 4.69) is 26.5 Å². The summed E-state index contributed by atoms with van der Waals surface area (Å²) in [7, 11) is 4.91. The van der Waals surface area contributed by atoms with Crippen molar-refractivity contribution in [3.8, 4) is 17.6 Å². The third-order valence-corrected chi connectivity index (χ3v) is 5.29. The number of hydrogen-bond acceptors (Lipinski definition) is 9. The molecular formula is C25H35N5O5. The SMILES string of the molecule is CC(C)(C)OC=O.CNc1c(C#N)c(CC(=O)Cc2cc(OC)cc(OC)c2)nn1[C@H]1CCNC1. The average molecular weight is 486 g/mol. The van der Waals surface area contributed by atoms with Crippen LogP contribution in [0.15, 0.2) is 18.2 Å². The summed E-state index contributed by atoms with van der Waals surface area (Å²) in [6, 6.07) is 7.78. The summed E-state index contributed by atoms with van der Waals surface area (Å²) in [6.07, 6.45) is 1.26. The third-order valence-electron chi connectivity index (χ3n) is 5.29. The Balaban J connectivity index is 0.000000540. The largest absolute Gasteiger partial charge is 0.497 e. The fourth-order valence-electron chi connectivity index (χ4n) is 3.66. The number of nitriles is 1. The Bertz CT molecular complexity index is 1020. The highest BCUT2D eigenvalue weighted by atomic mass is 16.5. The minimum Gasteiger partial charge on any atom is -0.497 e. The van der Waals surface area contributed by atoms with Crippen molar-refractivity contribution in [3.05, 3.63) is 35.0 Å². The van der Waals surface area contributed by atoms with Gasteiger partial charge in [-0.05, 0) is 51.4 Å². The summed E-state index contributed by atoms with van der Waals surface area (Å²) >= 11 is 0. The summed E-state index contributed by atoms with van der Waals surface area (Å²) in [6.45, 7) is 7.64. The van der Waals surface area contributed by atoms with Crippen LogP contribution in [0.1, 0.15) is 50.1 Å². The van der Waals surface area contributed by atoms with Crippen molar-refractivity contribution in [1.82, 2.24) is 15.1 Å². The minimum absolute atomic E-state index is 0.0244. The fraction of sp³-hybridized carbons (Fsp3) is 0.520. The maximum Gasteiger partial charge on any atom is 0.293 e. The number of carbonyl (C=O) groups excluding carboxylic acids is 2. The number of anilines is 1. The van der Waals surface area contributed by atoms with Crippen LogP contribution in [-0.4, -0.2) is 62.0 Å². The van der Waals surface area contributed by atoms with Crippen LogP contribution in [0, 0.1) is 11.3 Å². The predicted octanol–water partition coefficient (Wildman–Crippen LogP) is 2.66. The third kappa shape index (κ3) is 8.00. The number of benzene rings is 1. The van der Waals surface area contributed by atoms with Gasteiger partial charge in [-0.15, -0.1) is 0 Å². The van der Waals surface area contributed by atoms with Crippen LogP contribution < -0.4 is 20.1 Å². The molecule has 0 radical (unpaired) electrons. The van der Waals surface area contributed by atoms with Crippen LogP contribution in [0.4, 0.5) is 5.82 Å². The Morgan fingerprint density at radius 1 is 1.26 bits per heavy atom. The van der Waals surface area contributed by atoms with E-state index in [1.165, 1.54) is 0 Å². The number of aromatic nitrogens is 2. The van der Waals surface area contributed by atoms with Gasteiger partial charge in [0.25, 0.3) is 6.47 Å². The van der Waals surface area contributed by atoms with Gasteiger partial charge in [0.05, 0.1) is 32.4 Å². The smallest absolute Gasteiger partial charge is 0.293 e. The van der Waals surface area contributed by atoms with Crippen molar-refractivity contribution in [1.29, 1.82) is 5.26 Å². The van der Waals surface area contributed by atoms with Crippen molar-refractivity contribution in [2.75, 3.05) is 39.7 Å². The van der Waals surface area contributed by atoms with E-state index in [-0.39, 0.29) is 30.3 Å². The molecule has 0 amide bonds. The molecule has 2 heterocycles. The van der Waals surface area contributed by atoms with E-state index in [9.17, 15) is 14.9 Å². The molecule has 35 heavy (non-hydrogen) atoms. The topological polar surface area (TPSA) is 128 Å². The van der Waals surface area contributed by atoms with E-state index < -0.39 is 0 Å². The first-order valence-corrected chi connectivity index (χ1v) is 11.4. The van der Waals surface area contributed by atoms with Crippen LogP contribution in [0.5, 0.6) is 11.5 Å². The molecule has 1 fully saturated rings. The lowest BCUT2D eigenvalue weighted by atomic mass is 10.0. The molecule has 2 N–H and O–H groups in total. The van der Waals surface area contributed by atoms with E-state index in [1.807, 2.05) is 37.6 Å². The van der Waals surface area contributed by atoms with E-state index in [4.69, 9.17) is 9.47 Å². The summed E-state index contributed by atoms with van der Waals surface area (Å²) < 4.78 is 16.9. The maximum absolute atomic E-state index is 12.7. The van der Waals surface area contributed by atoms with Gasteiger partial charge < -0.3 is 24.8 Å². The molecule has 1 aliphatic heterocycles. The van der Waals surface area contributed by atoms with Crippen molar-refractivity contribution >= 4 is 18.1 Å². The van der Waals surface area contributed by atoms with Gasteiger partial charge in [0.15, 0.2) is 0 Å². The number of nitrogens with one attached hydrogen (secondary N) is 2. The van der Waals surface area contributed by atoms with E-state index >= 15 is 0 Å². The minimum atomic E-state index is -0.318. The second-order valence-electron chi connectivity index (χ2n) is 9.06. The van der Waals surface area contributed by atoms with Gasteiger partial charge in [-0.3, -0.25) is 9.59 Å². The lowest BCUT2D eigenvalue weighted by Crippen LogP contribution is -2.17. The molecule has 1 saturated heterocycles. The van der Waals surface area contributed by atoms with Crippen LogP contribution in [0.25, 0.3) is 0 Å². The molecule has 10 heteroatoms. The molecule has 10 nitrogen and oxygen atoms in total. The van der Waals surface area contributed by atoms with Crippen LogP contribution in [0.3, 0.4) is 0 Å². The van der Waals surface area contributed by atoms with Crippen molar-refractivity contribution in [2.45, 2.75) is 51.7 Å². The molecule has 0 bridgehead atoms. The Morgan fingerprint density at radius 3 is 2.34 bits per heavy atom. The van der Waals surface area contributed by atoms with E-state index in [0.717, 1.165) is 25.1 Å². The Kier molecular flexibility index (Phi) is 10.1. The lowest BCUT2D eigenvalue weighted by molar-refractivity contribution is -0.138. The zero-order valence-corrected chi connectivity index (χ0v) is 21.3. The first kappa shape index (κ1) is 27.7.